The molecule has 0 unspecified atom stereocenters. The van der Waals surface area contributed by atoms with Crippen molar-refractivity contribution in [2.24, 2.45) is 5.10 Å². The van der Waals surface area contributed by atoms with E-state index in [1.807, 2.05) is 24.3 Å². The number of nitrogens with zero attached hydrogens (tertiary/aromatic N) is 1. The Balaban J connectivity index is 1.66. The number of carbonyl (C=O) groups excluding carboxylic acids is 3. The number of hydrogen-bond donors (Lipinski definition) is 2. The van der Waals surface area contributed by atoms with E-state index in [0.717, 1.165) is 11.3 Å². The van der Waals surface area contributed by atoms with Crippen molar-refractivity contribution in [2.75, 3.05) is 20.3 Å². The van der Waals surface area contributed by atoms with E-state index in [0.29, 0.717) is 13.0 Å². The minimum absolute atomic E-state index is 0.112. The topological polar surface area (TPSA) is 106 Å². The molecule has 0 atom stereocenters. The standard InChI is InChI=1S/C16H19N3O5/c1-23-12-4-2-11(3-5-12)8-9-17-15(21)10-24-16(22)13-6-7-14(20)19-18-13/h2-5H,6-10H2,1H3,(H,17,21)(H,19,20). The van der Waals surface area contributed by atoms with Crippen molar-refractivity contribution in [2.45, 2.75) is 19.3 Å². The molecular formula is C16H19N3O5. The van der Waals surface area contributed by atoms with E-state index in [-0.39, 0.29) is 31.1 Å². The first kappa shape index (κ1) is 17.5. The Kier molecular flexibility index (Phi) is 6.30. The van der Waals surface area contributed by atoms with Gasteiger partial charge in [-0.05, 0) is 24.1 Å². The smallest absolute Gasteiger partial charge is 0.355 e. The molecule has 0 radical (unpaired) electrons. The second kappa shape index (κ2) is 8.66. The lowest BCUT2D eigenvalue weighted by molar-refractivity contribution is -0.142. The lowest BCUT2D eigenvalue weighted by atomic mass is 10.1. The molecule has 128 valence electrons. The van der Waals surface area contributed by atoms with E-state index in [9.17, 15) is 14.4 Å². The molecule has 1 aromatic rings. The van der Waals surface area contributed by atoms with Gasteiger partial charge in [0.15, 0.2) is 6.61 Å². The van der Waals surface area contributed by atoms with Crippen LogP contribution in [0.4, 0.5) is 0 Å². The Bertz CT molecular complexity index is 640. The summed E-state index contributed by atoms with van der Waals surface area (Å²) in [4.78, 5) is 34.3. The van der Waals surface area contributed by atoms with Crippen LogP contribution in [0.1, 0.15) is 18.4 Å². The summed E-state index contributed by atoms with van der Waals surface area (Å²) in [5, 5.41) is 6.27. The van der Waals surface area contributed by atoms with Gasteiger partial charge >= 0.3 is 5.97 Å². The van der Waals surface area contributed by atoms with Gasteiger partial charge < -0.3 is 14.8 Å². The average Bonchev–Trinajstić information content (AvgIpc) is 2.61. The summed E-state index contributed by atoms with van der Waals surface area (Å²) >= 11 is 0. The maximum Gasteiger partial charge on any atom is 0.355 e. The number of methoxy groups -OCH3 is 1. The molecule has 0 saturated heterocycles. The maximum absolute atomic E-state index is 11.7. The molecule has 2 amide bonds. The van der Waals surface area contributed by atoms with E-state index in [2.05, 4.69) is 15.8 Å². The van der Waals surface area contributed by atoms with Crippen molar-refractivity contribution in [1.82, 2.24) is 10.7 Å². The SMILES string of the molecule is COc1ccc(CCNC(=O)COC(=O)C2=NNC(=O)CC2)cc1. The van der Waals surface area contributed by atoms with Crippen LogP contribution < -0.4 is 15.5 Å². The largest absolute Gasteiger partial charge is 0.497 e. The number of hydrazone groups is 1. The molecule has 0 saturated carbocycles. The zero-order valence-corrected chi connectivity index (χ0v) is 13.3. The van der Waals surface area contributed by atoms with Crippen molar-refractivity contribution < 1.29 is 23.9 Å². The van der Waals surface area contributed by atoms with Crippen molar-refractivity contribution in [3.05, 3.63) is 29.8 Å². The van der Waals surface area contributed by atoms with Crippen LogP contribution >= 0.6 is 0 Å². The molecule has 1 aliphatic rings. The van der Waals surface area contributed by atoms with Crippen LogP contribution in [-0.4, -0.2) is 43.8 Å². The fourth-order valence-corrected chi connectivity index (χ4v) is 2.03. The minimum Gasteiger partial charge on any atom is -0.497 e. The molecule has 0 bridgehead atoms. The first-order chi connectivity index (χ1) is 11.6. The Labute approximate surface area is 139 Å². The van der Waals surface area contributed by atoms with Gasteiger partial charge in [-0.15, -0.1) is 0 Å². The zero-order valence-electron chi connectivity index (χ0n) is 13.3. The highest BCUT2D eigenvalue weighted by Gasteiger charge is 2.20. The van der Waals surface area contributed by atoms with E-state index in [4.69, 9.17) is 9.47 Å². The molecule has 1 aromatic carbocycles. The summed E-state index contributed by atoms with van der Waals surface area (Å²) in [6.45, 7) is 0.0497. The van der Waals surface area contributed by atoms with E-state index >= 15 is 0 Å². The van der Waals surface area contributed by atoms with Crippen molar-refractivity contribution in [1.29, 1.82) is 0 Å². The van der Waals surface area contributed by atoms with Crippen LogP contribution in [0.25, 0.3) is 0 Å². The normalized spacial score (nSPS) is 13.5. The molecule has 1 aliphatic heterocycles. The molecule has 0 aliphatic carbocycles. The quantitative estimate of drug-likeness (QED) is 0.692. The molecule has 8 heteroatoms. The molecule has 1 heterocycles. The number of nitrogens with one attached hydrogen (secondary N) is 2. The third kappa shape index (κ3) is 5.38. The van der Waals surface area contributed by atoms with Crippen LogP contribution in [0.3, 0.4) is 0 Å². The van der Waals surface area contributed by atoms with Gasteiger partial charge in [0.25, 0.3) is 5.91 Å². The molecule has 8 nitrogen and oxygen atoms in total. The van der Waals surface area contributed by atoms with Crippen molar-refractivity contribution in [3.63, 3.8) is 0 Å². The minimum atomic E-state index is -0.694. The fraction of sp³-hybridized carbons (Fsp3) is 0.375. The number of esters is 1. The van der Waals surface area contributed by atoms with Gasteiger partial charge in [0.2, 0.25) is 5.91 Å². The summed E-state index contributed by atoms with van der Waals surface area (Å²) in [6.07, 6.45) is 1.05. The summed E-state index contributed by atoms with van der Waals surface area (Å²) in [5.74, 6) is -0.558. The fourth-order valence-electron chi connectivity index (χ4n) is 2.03. The van der Waals surface area contributed by atoms with Gasteiger partial charge in [-0.1, -0.05) is 12.1 Å². The number of benzene rings is 1. The van der Waals surface area contributed by atoms with E-state index in [1.54, 1.807) is 7.11 Å². The molecule has 0 spiro atoms. The first-order valence-corrected chi connectivity index (χ1v) is 7.50. The van der Waals surface area contributed by atoms with Gasteiger partial charge in [0.05, 0.1) is 7.11 Å². The average molecular weight is 333 g/mol. The third-order valence-corrected chi connectivity index (χ3v) is 3.37. The predicted octanol–water partition coefficient (Wildman–Crippen LogP) is 0.163. The number of rotatable bonds is 7. The highest BCUT2D eigenvalue weighted by Crippen LogP contribution is 2.11. The predicted molar refractivity (Wildman–Crippen MR) is 85.5 cm³/mol. The maximum atomic E-state index is 11.7. The Morgan fingerprint density at radius 1 is 1.25 bits per heavy atom. The summed E-state index contributed by atoms with van der Waals surface area (Å²) in [5.41, 5.74) is 3.37. The highest BCUT2D eigenvalue weighted by atomic mass is 16.5. The van der Waals surface area contributed by atoms with Crippen LogP contribution in [0.15, 0.2) is 29.4 Å². The molecule has 2 rings (SSSR count). The molecule has 2 N–H and O–H groups in total. The van der Waals surface area contributed by atoms with Crippen LogP contribution in [0, 0.1) is 0 Å². The molecule has 0 fully saturated rings. The summed E-state index contributed by atoms with van der Waals surface area (Å²) in [7, 11) is 1.60. The zero-order chi connectivity index (χ0) is 17.4. The lowest BCUT2D eigenvalue weighted by Crippen LogP contribution is -2.34. The van der Waals surface area contributed by atoms with Crippen LogP contribution in [-0.2, 0) is 25.5 Å². The van der Waals surface area contributed by atoms with Gasteiger partial charge in [0, 0.05) is 19.4 Å². The van der Waals surface area contributed by atoms with Crippen molar-refractivity contribution in [3.8, 4) is 5.75 Å². The Hall–Kier alpha value is -2.90. The highest BCUT2D eigenvalue weighted by molar-refractivity contribution is 6.37. The van der Waals surface area contributed by atoms with Gasteiger partial charge in [-0.25, -0.2) is 10.2 Å². The number of carbonyl (C=O) groups is 3. The van der Waals surface area contributed by atoms with Gasteiger partial charge in [-0.2, -0.15) is 5.10 Å². The molecule has 0 aromatic heterocycles. The second-order valence-electron chi connectivity index (χ2n) is 5.12. The van der Waals surface area contributed by atoms with E-state index < -0.39 is 11.9 Å². The van der Waals surface area contributed by atoms with Gasteiger partial charge in [-0.3, -0.25) is 9.59 Å². The first-order valence-electron chi connectivity index (χ1n) is 7.50. The lowest BCUT2D eigenvalue weighted by Gasteiger charge is -2.11. The Morgan fingerprint density at radius 3 is 2.62 bits per heavy atom. The van der Waals surface area contributed by atoms with Crippen LogP contribution in [0.5, 0.6) is 5.75 Å². The van der Waals surface area contributed by atoms with E-state index in [1.165, 1.54) is 0 Å². The number of amides is 2. The van der Waals surface area contributed by atoms with Crippen molar-refractivity contribution >= 4 is 23.5 Å². The number of hydrogen-bond acceptors (Lipinski definition) is 6. The monoisotopic (exact) mass is 333 g/mol. The van der Waals surface area contributed by atoms with Crippen LogP contribution in [0.2, 0.25) is 0 Å². The second-order valence-corrected chi connectivity index (χ2v) is 5.12. The summed E-state index contributed by atoms with van der Waals surface area (Å²) in [6, 6.07) is 7.53. The summed E-state index contributed by atoms with van der Waals surface area (Å²) < 4.78 is 9.93. The van der Waals surface area contributed by atoms with Gasteiger partial charge in [0.1, 0.15) is 11.5 Å². The molecule has 24 heavy (non-hydrogen) atoms. The third-order valence-electron chi connectivity index (χ3n) is 3.37. The Morgan fingerprint density at radius 2 is 2.00 bits per heavy atom. The molecular weight excluding hydrogens is 314 g/mol. The number of ether oxygens (including phenoxy) is 2.